The van der Waals surface area contributed by atoms with Crippen molar-refractivity contribution in [2.45, 2.75) is 38.6 Å². The maximum atomic E-state index is 12.1. The van der Waals surface area contributed by atoms with Gasteiger partial charge in [-0.3, -0.25) is 4.98 Å². The zero-order valence-corrected chi connectivity index (χ0v) is 16.6. The van der Waals surface area contributed by atoms with Crippen LogP contribution in [-0.4, -0.2) is 60.1 Å². The number of benzene rings is 1. The van der Waals surface area contributed by atoms with Crippen molar-refractivity contribution in [3.05, 3.63) is 42.6 Å². The number of nitrogens with one attached hydrogen (secondary N) is 1. The molecule has 1 atom stereocenters. The van der Waals surface area contributed by atoms with Crippen LogP contribution in [0.1, 0.15) is 32.6 Å². The standard InChI is InChI=1S/C13H25N3O.C9H7N/c1-11-4-3-7-16(10-11)13(17)14-12-5-8-15(2)9-6-12;1-2-6-9-8(4-1)5-3-7-10-9/h11-12H,3-10H2,1-2H3,(H,14,17);1-7H. The second-order valence-electron chi connectivity index (χ2n) is 7.92. The second kappa shape index (κ2) is 9.70. The predicted molar refractivity (Wildman–Crippen MR) is 111 cm³/mol. The van der Waals surface area contributed by atoms with E-state index in [1.54, 1.807) is 0 Å². The lowest BCUT2D eigenvalue weighted by Gasteiger charge is -2.34. The predicted octanol–water partition coefficient (Wildman–Crippen LogP) is 3.76. The third-order valence-electron chi connectivity index (χ3n) is 5.50. The molecule has 2 aliphatic rings. The summed E-state index contributed by atoms with van der Waals surface area (Å²) in [6.07, 6.45) is 6.40. The molecule has 5 nitrogen and oxygen atoms in total. The average Bonchev–Trinajstić information content (AvgIpc) is 2.70. The highest BCUT2D eigenvalue weighted by molar-refractivity contribution is 5.77. The van der Waals surface area contributed by atoms with Gasteiger partial charge in [0.25, 0.3) is 0 Å². The van der Waals surface area contributed by atoms with Crippen LogP contribution >= 0.6 is 0 Å². The molecule has 146 valence electrons. The Morgan fingerprint density at radius 2 is 1.81 bits per heavy atom. The Morgan fingerprint density at radius 1 is 1.07 bits per heavy atom. The molecule has 2 fully saturated rings. The summed E-state index contributed by atoms with van der Waals surface area (Å²) in [6, 6.07) is 12.6. The molecule has 0 bridgehead atoms. The summed E-state index contributed by atoms with van der Waals surface area (Å²) in [5.41, 5.74) is 1.06. The van der Waals surface area contributed by atoms with E-state index >= 15 is 0 Å². The number of rotatable bonds is 1. The van der Waals surface area contributed by atoms with E-state index in [2.05, 4.69) is 41.3 Å². The second-order valence-corrected chi connectivity index (χ2v) is 7.92. The first-order valence-corrected chi connectivity index (χ1v) is 10.2. The van der Waals surface area contributed by atoms with E-state index in [-0.39, 0.29) is 6.03 Å². The van der Waals surface area contributed by atoms with E-state index in [9.17, 15) is 4.79 Å². The van der Waals surface area contributed by atoms with Crippen LogP contribution in [-0.2, 0) is 0 Å². The highest BCUT2D eigenvalue weighted by Gasteiger charge is 2.24. The maximum absolute atomic E-state index is 12.1. The van der Waals surface area contributed by atoms with Crippen molar-refractivity contribution in [1.82, 2.24) is 20.1 Å². The molecule has 4 rings (SSSR count). The molecule has 0 spiro atoms. The highest BCUT2D eigenvalue weighted by Crippen LogP contribution is 2.16. The molecule has 3 heterocycles. The van der Waals surface area contributed by atoms with Gasteiger partial charge in [-0.05, 0) is 63.9 Å². The van der Waals surface area contributed by atoms with Crippen molar-refractivity contribution in [3.63, 3.8) is 0 Å². The Kier molecular flexibility index (Phi) is 7.04. The first-order chi connectivity index (χ1) is 13.1. The Balaban J connectivity index is 0.000000177. The van der Waals surface area contributed by atoms with Crippen molar-refractivity contribution in [1.29, 1.82) is 0 Å². The van der Waals surface area contributed by atoms with E-state index in [1.807, 2.05) is 35.4 Å². The molecule has 5 heteroatoms. The molecule has 2 aliphatic heterocycles. The lowest BCUT2D eigenvalue weighted by molar-refractivity contribution is 0.158. The number of fused-ring (bicyclic) bond motifs is 1. The first kappa shape index (κ1) is 19.6. The number of pyridine rings is 1. The summed E-state index contributed by atoms with van der Waals surface area (Å²) >= 11 is 0. The Morgan fingerprint density at radius 3 is 2.56 bits per heavy atom. The lowest BCUT2D eigenvalue weighted by atomic mass is 10.0. The van der Waals surface area contributed by atoms with Gasteiger partial charge >= 0.3 is 6.03 Å². The number of hydrogen-bond donors (Lipinski definition) is 1. The van der Waals surface area contributed by atoms with Crippen LogP contribution in [0.15, 0.2) is 42.6 Å². The Bertz CT molecular complexity index is 662. The third-order valence-corrected chi connectivity index (χ3v) is 5.50. The summed E-state index contributed by atoms with van der Waals surface area (Å²) in [6.45, 7) is 6.29. The number of likely N-dealkylation sites (tertiary alicyclic amines) is 2. The van der Waals surface area contributed by atoms with Crippen LogP contribution in [0.3, 0.4) is 0 Å². The van der Waals surface area contributed by atoms with Gasteiger partial charge in [-0.25, -0.2) is 4.79 Å². The van der Waals surface area contributed by atoms with Gasteiger partial charge in [-0.1, -0.05) is 31.2 Å². The number of para-hydroxylation sites is 1. The lowest BCUT2D eigenvalue weighted by Crippen LogP contribution is -2.50. The smallest absolute Gasteiger partial charge is 0.317 e. The van der Waals surface area contributed by atoms with Gasteiger partial charge < -0.3 is 15.1 Å². The van der Waals surface area contributed by atoms with Crippen LogP contribution in [0.4, 0.5) is 4.79 Å². The van der Waals surface area contributed by atoms with E-state index in [0.29, 0.717) is 12.0 Å². The summed E-state index contributed by atoms with van der Waals surface area (Å²) in [7, 11) is 2.14. The van der Waals surface area contributed by atoms with E-state index in [0.717, 1.165) is 51.0 Å². The molecule has 2 amide bonds. The fraction of sp³-hybridized carbons (Fsp3) is 0.545. The van der Waals surface area contributed by atoms with Crippen molar-refractivity contribution in [2.75, 3.05) is 33.2 Å². The number of urea groups is 1. The fourth-order valence-corrected chi connectivity index (χ4v) is 3.81. The number of aromatic nitrogens is 1. The molecule has 0 aliphatic carbocycles. The van der Waals surface area contributed by atoms with E-state index < -0.39 is 0 Å². The summed E-state index contributed by atoms with van der Waals surface area (Å²) in [4.78, 5) is 20.6. The first-order valence-electron chi connectivity index (χ1n) is 10.2. The molecule has 1 unspecified atom stereocenters. The number of hydrogen-bond acceptors (Lipinski definition) is 3. The summed E-state index contributed by atoms with van der Waals surface area (Å²) < 4.78 is 0. The van der Waals surface area contributed by atoms with Gasteiger partial charge in [0.2, 0.25) is 0 Å². The van der Waals surface area contributed by atoms with Gasteiger partial charge in [0, 0.05) is 30.7 Å². The van der Waals surface area contributed by atoms with Crippen molar-refractivity contribution >= 4 is 16.9 Å². The molecular weight excluding hydrogens is 336 g/mol. The average molecular weight is 369 g/mol. The van der Waals surface area contributed by atoms with Crippen LogP contribution in [0.2, 0.25) is 0 Å². The summed E-state index contributed by atoms with van der Waals surface area (Å²) in [5.74, 6) is 0.659. The van der Waals surface area contributed by atoms with Gasteiger partial charge in [-0.2, -0.15) is 0 Å². The van der Waals surface area contributed by atoms with Gasteiger partial charge in [0.05, 0.1) is 5.52 Å². The zero-order valence-electron chi connectivity index (χ0n) is 16.6. The van der Waals surface area contributed by atoms with Crippen molar-refractivity contribution in [3.8, 4) is 0 Å². The normalized spacial score (nSPS) is 21.4. The SMILES string of the molecule is CC1CCCN(C(=O)NC2CCN(C)CC2)C1.c1ccc2ncccc2c1. The minimum Gasteiger partial charge on any atom is -0.335 e. The van der Waals surface area contributed by atoms with E-state index in [1.165, 1.54) is 11.8 Å². The molecule has 1 aromatic carbocycles. The van der Waals surface area contributed by atoms with Gasteiger partial charge in [0.15, 0.2) is 0 Å². The monoisotopic (exact) mass is 368 g/mol. The number of carbonyl (C=O) groups excluding carboxylic acids is 1. The van der Waals surface area contributed by atoms with Crippen LogP contribution < -0.4 is 5.32 Å². The number of piperidine rings is 2. The Labute approximate surface area is 162 Å². The Hall–Kier alpha value is -2.14. The molecule has 0 radical (unpaired) electrons. The largest absolute Gasteiger partial charge is 0.335 e. The fourth-order valence-electron chi connectivity index (χ4n) is 3.81. The minimum absolute atomic E-state index is 0.158. The van der Waals surface area contributed by atoms with Crippen LogP contribution in [0.5, 0.6) is 0 Å². The minimum atomic E-state index is 0.158. The number of amides is 2. The maximum Gasteiger partial charge on any atom is 0.317 e. The molecule has 1 aromatic heterocycles. The highest BCUT2D eigenvalue weighted by atomic mass is 16.2. The molecule has 2 aromatic rings. The van der Waals surface area contributed by atoms with Gasteiger partial charge in [-0.15, -0.1) is 0 Å². The molecule has 0 saturated carbocycles. The van der Waals surface area contributed by atoms with Crippen LogP contribution in [0.25, 0.3) is 10.9 Å². The summed E-state index contributed by atoms with van der Waals surface area (Å²) in [5, 5.41) is 4.39. The van der Waals surface area contributed by atoms with Crippen molar-refractivity contribution < 1.29 is 4.79 Å². The third kappa shape index (κ3) is 5.93. The number of carbonyl (C=O) groups is 1. The topological polar surface area (TPSA) is 48.5 Å². The quantitative estimate of drug-likeness (QED) is 0.834. The van der Waals surface area contributed by atoms with Crippen LogP contribution in [0, 0.1) is 5.92 Å². The van der Waals surface area contributed by atoms with Gasteiger partial charge in [0.1, 0.15) is 0 Å². The molecule has 1 N–H and O–H groups in total. The molecular formula is C22H32N4O. The number of nitrogens with zero attached hydrogens (tertiary/aromatic N) is 3. The van der Waals surface area contributed by atoms with Crippen molar-refractivity contribution in [2.24, 2.45) is 5.92 Å². The molecule has 2 saturated heterocycles. The molecule has 27 heavy (non-hydrogen) atoms. The zero-order chi connectivity index (χ0) is 19.1. The van der Waals surface area contributed by atoms with E-state index in [4.69, 9.17) is 0 Å².